The first-order valence-corrected chi connectivity index (χ1v) is 9.04. The first-order valence-electron chi connectivity index (χ1n) is 9.04. The second-order valence-corrected chi connectivity index (χ2v) is 7.54. The van der Waals surface area contributed by atoms with Crippen LogP contribution in [0.1, 0.15) is 61.3 Å². The normalized spacial score (nSPS) is 24.5. The molecular weight excluding hydrogens is 265 g/mol. The third-order valence-electron chi connectivity index (χ3n) is 6.18. The van der Waals surface area contributed by atoms with Crippen molar-refractivity contribution in [2.24, 2.45) is 29.6 Å². The smallest absolute Gasteiger partial charge is 0.0708 e. The molecule has 0 rings (SSSR count). The Morgan fingerprint density at radius 3 is 1.55 bits per heavy atom. The molecule has 0 heterocycles. The molecule has 9 unspecified atom stereocenters. The van der Waals surface area contributed by atoms with Gasteiger partial charge in [0.1, 0.15) is 0 Å². The van der Waals surface area contributed by atoms with E-state index < -0.39 is 6.10 Å². The number of rotatable bonds is 10. The van der Waals surface area contributed by atoms with E-state index in [4.69, 9.17) is 23.5 Å². The summed E-state index contributed by atoms with van der Waals surface area (Å²) in [7, 11) is 18.9. The summed E-state index contributed by atoms with van der Waals surface area (Å²) in [6, 6.07) is 0. The monoisotopic (exact) mass is 300 g/mol. The Balaban J connectivity index is 4.82. The van der Waals surface area contributed by atoms with E-state index in [-0.39, 0.29) is 35.2 Å². The van der Waals surface area contributed by atoms with E-state index in [1.165, 1.54) is 0 Å². The van der Waals surface area contributed by atoms with Crippen molar-refractivity contribution in [3.63, 3.8) is 0 Å². The fourth-order valence-corrected chi connectivity index (χ4v) is 3.32. The number of aliphatic hydroxyl groups excluding tert-OH is 1. The van der Waals surface area contributed by atoms with Gasteiger partial charge in [0.2, 0.25) is 0 Å². The molecule has 0 aliphatic rings. The zero-order chi connectivity index (χ0) is 17.6. The molecule has 1 nitrogen and oxygen atoms in total. The lowest BCUT2D eigenvalue weighted by atomic mass is 9.57. The molecule has 4 heteroatoms. The Labute approximate surface area is 143 Å². The number of hydrogen-bond donors (Lipinski definition) is 1. The fraction of sp³-hybridized carbons (Fsp3) is 1.00. The molecule has 6 radical (unpaired) electrons. The van der Waals surface area contributed by atoms with Crippen LogP contribution in [-0.4, -0.2) is 34.7 Å². The van der Waals surface area contributed by atoms with E-state index in [1.54, 1.807) is 0 Å². The summed E-state index contributed by atoms with van der Waals surface area (Å²) < 4.78 is 0. The second-order valence-electron chi connectivity index (χ2n) is 7.54. The first-order chi connectivity index (χ1) is 10.1. The van der Waals surface area contributed by atoms with Gasteiger partial charge in [0.25, 0.3) is 0 Å². The van der Waals surface area contributed by atoms with Gasteiger partial charge < -0.3 is 5.11 Å². The highest BCUT2D eigenvalue weighted by Gasteiger charge is 2.33. The Morgan fingerprint density at radius 2 is 1.14 bits per heavy atom. The Hall–Kier alpha value is 0.155. The van der Waals surface area contributed by atoms with Crippen LogP contribution in [0.3, 0.4) is 0 Å². The molecule has 0 aromatic heterocycles. The topological polar surface area (TPSA) is 20.2 Å². The third kappa shape index (κ3) is 5.66. The van der Waals surface area contributed by atoms with Gasteiger partial charge in [-0.1, -0.05) is 78.8 Å². The quantitative estimate of drug-likeness (QED) is 0.599. The van der Waals surface area contributed by atoms with Gasteiger partial charge in [0.15, 0.2) is 0 Å². The standard InChI is InChI=1S/C18H35B3O/c1-8-10(3)16(20)13(6)18(22)14(7)17(21)12(5)11(4)15(19)9-2/h10-18,22H,8-9H2,1-7H3. The van der Waals surface area contributed by atoms with Gasteiger partial charge in [-0.15, -0.1) is 0 Å². The van der Waals surface area contributed by atoms with E-state index in [9.17, 15) is 5.11 Å². The maximum atomic E-state index is 10.7. The predicted molar refractivity (Wildman–Crippen MR) is 101 cm³/mol. The summed E-state index contributed by atoms with van der Waals surface area (Å²) >= 11 is 0. The van der Waals surface area contributed by atoms with Crippen LogP contribution in [0, 0.1) is 29.6 Å². The van der Waals surface area contributed by atoms with Gasteiger partial charge in [-0.25, -0.2) is 0 Å². The van der Waals surface area contributed by atoms with Crippen molar-refractivity contribution in [3.05, 3.63) is 0 Å². The van der Waals surface area contributed by atoms with Crippen LogP contribution >= 0.6 is 0 Å². The van der Waals surface area contributed by atoms with Crippen molar-refractivity contribution in [3.8, 4) is 0 Å². The van der Waals surface area contributed by atoms with Gasteiger partial charge >= 0.3 is 0 Å². The van der Waals surface area contributed by atoms with Crippen LogP contribution in [0.25, 0.3) is 0 Å². The average Bonchev–Trinajstić information content (AvgIpc) is 2.55. The minimum Gasteiger partial charge on any atom is -0.393 e. The SMILES string of the molecule is [B]C(CC)C(C)C(C)C([B])C(C)C(O)C(C)C([B])C(C)CC. The van der Waals surface area contributed by atoms with Crippen molar-refractivity contribution in [2.45, 2.75) is 84.9 Å². The summed E-state index contributed by atoms with van der Waals surface area (Å²) in [5, 5.41) is 10.7. The molecule has 0 amide bonds. The molecule has 0 aromatic carbocycles. The minimum atomic E-state index is -0.480. The average molecular weight is 300 g/mol. The molecule has 0 aliphatic heterocycles. The van der Waals surface area contributed by atoms with Crippen LogP contribution < -0.4 is 0 Å². The highest BCUT2D eigenvalue weighted by Crippen LogP contribution is 2.40. The summed E-state index contributed by atoms with van der Waals surface area (Å²) in [5.41, 5.74) is 0. The third-order valence-corrected chi connectivity index (χ3v) is 6.18. The van der Waals surface area contributed by atoms with E-state index in [2.05, 4.69) is 34.6 Å². The molecule has 0 saturated heterocycles. The molecule has 0 aromatic rings. The molecular formula is C18H35B3O. The maximum absolute atomic E-state index is 10.7. The lowest BCUT2D eigenvalue weighted by Gasteiger charge is -2.39. The summed E-state index contributed by atoms with van der Waals surface area (Å²) in [4.78, 5) is 0. The lowest BCUT2D eigenvalue weighted by molar-refractivity contribution is 0.0424. The molecule has 122 valence electrons. The first kappa shape index (κ1) is 22.2. The Kier molecular flexibility index (Phi) is 10.2. The van der Waals surface area contributed by atoms with Crippen LogP contribution in [0.4, 0.5) is 0 Å². The van der Waals surface area contributed by atoms with Crippen molar-refractivity contribution < 1.29 is 5.11 Å². The highest BCUT2D eigenvalue weighted by atomic mass is 16.3. The van der Waals surface area contributed by atoms with Crippen molar-refractivity contribution in [1.82, 2.24) is 0 Å². The number of hydrogen-bond acceptors (Lipinski definition) is 1. The van der Waals surface area contributed by atoms with Crippen LogP contribution in [0.15, 0.2) is 0 Å². The van der Waals surface area contributed by atoms with Crippen molar-refractivity contribution in [2.75, 3.05) is 0 Å². The van der Waals surface area contributed by atoms with Gasteiger partial charge in [-0.2, -0.15) is 0 Å². The van der Waals surface area contributed by atoms with Crippen molar-refractivity contribution in [1.29, 1.82) is 0 Å². The number of aliphatic hydroxyl groups is 1. The lowest BCUT2D eigenvalue weighted by Crippen LogP contribution is -2.36. The van der Waals surface area contributed by atoms with Crippen LogP contribution in [0.5, 0.6) is 0 Å². The molecule has 0 spiro atoms. The van der Waals surface area contributed by atoms with E-state index in [0.29, 0.717) is 11.8 Å². The minimum absolute atomic E-state index is 0.000258. The molecule has 0 aliphatic carbocycles. The maximum Gasteiger partial charge on any atom is 0.0708 e. The molecule has 22 heavy (non-hydrogen) atoms. The van der Waals surface area contributed by atoms with Crippen LogP contribution in [-0.2, 0) is 0 Å². The molecule has 0 fully saturated rings. The summed E-state index contributed by atoms with van der Waals surface area (Å²) in [5.74, 6) is 1.14. The fourth-order valence-electron chi connectivity index (χ4n) is 3.32. The zero-order valence-corrected chi connectivity index (χ0v) is 15.8. The summed E-state index contributed by atoms with van der Waals surface area (Å²) in [6.07, 6.45) is 1.49. The van der Waals surface area contributed by atoms with Gasteiger partial charge in [0, 0.05) is 0 Å². The Morgan fingerprint density at radius 1 is 0.682 bits per heavy atom. The predicted octanol–water partition coefficient (Wildman–Crippen LogP) is 4.22. The highest BCUT2D eigenvalue weighted by molar-refractivity contribution is 6.13. The van der Waals surface area contributed by atoms with E-state index in [1.807, 2.05) is 13.8 Å². The van der Waals surface area contributed by atoms with E-state index in [0.717, 1.165) is 12.8 Å². The summed E-state index contributed by atoms with van der Waals surface area (Å²) in [6.45, 7) is 14.8. The Bertz CT molecular complexity index is 272. The molecule has 0 saturated carbocycles. The van der Waals surface area contributed by atoms with Gasteiger partial charge in [-0.05, 0) is 29.6 Å². The zero-order valence-electron chi connectivity index (χ0n) is 15.8. The van der Waals surface area contributed by atoms with Gasteiger partial charge in [-0.3, -0.25) is 0 Å². The van der Waals surface area contributed by atoms with Crippen molar-refractivity contribution >= 4 is 23.5 Å². The largest absolute Gasteiger partial charge is 0.393 e. The second kappa shape index (κ2) is 10.1. The molecule has 1 N–H and O–H groups in total. The molecule has 9 atom stereocenters. The van der Waals surface area contributed by atoms with E-state index >= 15 is 0 Å². The van der Waals surface area contributed by atoms with Crippen LogP contribution in [0.2, 0.25) is 17.5 Å². The van der Waals surface area contributed by atoms with Gasteiger partial charge in [0.05, 0.1) is 29.6 Å². The molecule has 0 bridgehead atoms.